The highest BCUT2D eigenvalue weighted by Gasteiger charge is 2.31. The standard InChI is InChI=1S/C27H25F3N6O4/c28-27(29,30)40-22-9-4-8-20(14-22)17-31-26(39)23-18-36(34-33-23)12-5-11-35-13-10-21(16-25(35)38)32-24(37)15-19-6-2-1-3-7-19/h1-4,6-10,13-14,16,18H,5,11-12,15,17H2,(H,31,39)(H,32,37). The lowest BCUT2D eigenvalue weighted by Crippen LogP contribution is -2.23. The molecule has 0 aliphatic rings. The van der Waals surface area contributed by atoms with Crippen LogP contribution < -0.4 is 20.9 Å². The summed E-state index contributed by atoms with van der Waals surface area (Å²) in [5.41, 5.74) is 1.45. The summed E-state index contributed by atoms with van der Waals surface area (Å²) in [4.78, 5) is 37.1. The minimum Gasteiger partial charge on any atom is -0.406 e. The van der Waals surface area contributed by atoms with Gasteiger partial charge in [0.05, 0.1) is 12.6 Å². The van der Waals surface area contributed by atoms with Gasteiger partial charge in [0, 0.05) is 37.6 Å². The first kappa shape index (κ1) is 28.1. The molecule has 4 aromatic rings. The Morgan fingerprint density at radius 1 is 0.950 bits per heavy atom. The van der Waals surface area contributed by atoms with Gasteiger partial charge in [-0.25, -0.2) is 0 Å². The Balaban J connectivity index is 1.23. The topological polar surface area (TPSA) is 120 Å². The number of benzene rings is 2. The molecule has 4 rings (SSSR count). The van der Waals surface area contributed by atoms with Crippen LogP contribution in [0.4, 0.5) is 18.9 Å². The molecule has 0 aliphatic heterocycles. The summed E-state index contributed by atoms with van der Waals surface area (Å²) < 4.78 is 44.0. The van der Waals surface area contributed by atoms with Gasteiger partial charge >= 0.3 is 6.36 Å². The zero-order valence-electron chi connectivity index (χ0n) is 21.1. The Morgan fingerprint density at radius 2 is 1.73 bits per heavy atom. The highest BCUT2D eigenvalue weighted by atomic mass is 19.4. The van der Waals surface area contributed by atoms with E-state index < -0.39 is 12.3 Å². The Morgan fingerprint density at radius 3 is 2.48 bits per heavy atom. The van der Waals surface area contributed by atoms with E-state index in [0.29, 0.717) is 30.8 Å². The van der Waals surface area contributed by atoms with Crippen molar-refractivity contribution in [1.82, 2.24) is 24.9 Å². The molecule has 0 bridgehead atoms. The zero-order chi connectivity index (χ0) is 28.5. The van der Waals surface area contributed by atoms with Crippen molar-refractivity contribution >= 4 is 17.5 Å². The van der Waals surface area contributed by atoms with Crippen LogP contribution in [0.2, 0.25) is 0 Å². The molecule has 2 amide bonds. The number of anilines is 1. The van der Waals surface area contributed by atoms with Crippen LogP contribution in [0.15, 0.2) is 83.9 Å². The molecule has 0 unspecified atom stereocenters. The number of amides is 2. The summed E-state index contributed by atoms with van der Waals surface area (Å²) in [7, 11) is 0. The second-order valence-electron chi connectivity index (χ2n) is 8.76. The quantitative estimate of drug-likeness (QED) is 0.293. The summed E-state index contributed by atoms with van der Waals surface area (Å²) in [6, 6.07) is 17.5. The first-order valence-electron chi connectivity index (χ1n) is 12.2. The molecule has 2 N–H and O–H groups in total. The maximum Gasteiger partial charge on any atom is 0.573 e. The van der Waals surface area contributed by atoms with E-state index in [4.69, 9.17) is 0 Å². The normalized spacial score (nSPS) is 11.2. The van der Waals surface area contributed by atoms with Crippen LogP contribution in [-0.4, -0.2) is 37.7 Å². The largest absolute Gasteiger partial charge is 0.573 e. The molecule has 0 atom stereocenters. The number of aromatic nitrogens is 4. The number of carbonyl (C=O) groups is 2. The zero-order valence-corrected chi connectivity index (χ0v) is 21.1. The molecule has 2 heterocycles. The van der Waals surface area contributed by atoms with E-state index in [2.05, 4.69) is 25.7 Å². The number of pyridine rings is 1. The van der Waals surface area contributed by atoms with E-state index in [1.807, 2.05) is 30.3 Å². The predicted molar refractivity (Wildman–Crippen MR) is 138 cm³/mol. The van der Waals surface area contributed by atoms with E-state index >= 15 is 0 Å². The average Bonchev–Trinajstić information content (AvgIpc) is 3.37. The number of halogens is 3. The van der Waals surface area contributed by atoms with Crippen molar-refractivity contribution in [2.75, 3.05) is 5.32 Å². The van der Waals surface area contributed by atoms with Gasteiger partial charge in [0.2, 0.25) is 5.91 Å². The summed E-state index contributed by atoms with van der Waals surface area (Å²) in [5, 5.41) is 13.0. The number of nitrogens with zero attached hydrogens (tertiary/aromatic N) is 4. The smallest absolute Gasteiger partial charge is 0.406 e. The van der Waals surface area contributed by atoms with Gasteiger partial charge in [-0.05, 0) is 35.7 Å². The SMILES string of the molecule is O=C(Cc1ccccc1)Nc1ccn(CCCn2cc(C(=O)NCc3cccc(OC(F)(F)F)c3)nn2)c(=O)c1. The molecule has 13 heteroatoms. The van der Waals surface area contributed by atoms with Crippen molar-refractivity contribution < 1.29 is 27.5 Å². The van der Waals surface area contributed by atoms with E-state index in [1.54, 1.807) is 18.3 Å². The number of alkyl halides is 3. The molecule has 0 radical (unpaired) electrons. The van der Waals surface area contributed by atoms with Crippen molar-refractivity contribution in [3.05, 3.63) is 106 Å². The number of hydrogen-bond donors (Lipinski definition) is 2. The highest BCUT2D eigenvalue weighted by Crippen LogP contribution is 2.23. The Kier molecular flexibility index (Phi) is 8.94. The second-order valence-corrected chi connectivity index (χ2v) is 8.76. The van der Waals surface area contributed by atoms with Gasteiger partial charge in [-0.15, -0.1) is 18.3 Å². The second kappa shape index (κ2) is 12.7. The lowest BCUT2D eigenvalue weighted by atomic mass is 10.1. The van der Waals surface area contributed by atoms with Gasteiger partial charge in [-0.1, -0.05) is 47.7 Å². The lowest BCUT2D eigenvalue weighted by molar-refractivity contribution is -0.274. The molecule has 208 valence electrons. The molecule has 0 aliphatic carbocycles. The third-order valence-electron chi connectivity index (χ3n) is 5.63. The van der Waals surface area contributed by atoms with Crippen LogP contribution in [0.25, 0.3) is 0 Å². The van der Waals surface area contributed by atoms with Crippen molar-refractivity contribution in [1.29, 1.82) is 0 Å². The number of ether oxygens (including phenoxy) is 1. The molecule has 0 saturated carbocycles. The monoisotopic (exact) mass is 554 g/mol. The fourth-order valence-electron chi connectivity index (χ4n) is 3.80. The van der Waals surface area contributed by atoms with Crippen LogP contribution in [0.1, 0.15) is 28.0 Å². The first-order chi connectivity index (χ1) is 19.1. The number of carbonyl (C=O) groups excluding carboxylic acids is 2. The van der Waals surface area contributed by atoms with Gasteiger partial charge < -0.3 is 19.9 Å². The van der Waals surface area contributed by atoms with Crippen LogP contribution in [-0.2, 0) is 30.8 Å². The average molecular weight is 555 g/mol. The molecule has 0 spiro atoms. The van der Waals surface area contributed by atoms with Crippen molar-refractivity contribution in [2.24, 2.45) is 0 Å². The number of rotatable bonds is 11. The van der Waals surface area contributed by atoms with Gasteiger partial charge in [0.15, 0.2) is 5.69 Å². The van der Waals surface area contributed by atoms with Crippen LogP contribution >= 0.6 is 0 Å². The summed E-state index contributed by atoms with van der Waals surface area (Å²) in [5.74, 6) is -1.15. The fraction of sp³-hybridized carbons (Fsp3) is 0.222. The maximum atomic E-state index is 12.5. The Hall–Kier alpha value is -4.94. The third kappa shape index (κ3) is 8.55. The van der Waals surface area contributed by atoms with E-state index in [1.165, 1.54) is 33.6 Å². The molecular weight excluding hydrogens is 529 g/mol. The first-order valence-corrected chi connectivity index (χ1v) is 12.2. The molecule has 2 aromatic carbocycles. The molecule has 0 saturated heterocycles. The molecule has 2 aromatic heterocycles. The molecule has 10 nitrogen and oxygen atoms in total. The number of aryl methyl sites for hydroxylation is 2. The predicted octanol–water partition coefficient (Wildman–Crippen LogP) is 3.54. The van der Waals surface area contributed by atoms with Crippen molar-refractivity contribution in [3.8, 4) is 5.75 Å². The maximum absolute atomic E-state index is 12.5. The van der Waals surface area contributed by atoms with Gasteiger partial charge in [-0.3, -0.25) is 19.1 Å². The van der Waals surface area contributed by atoms with Gasteiger partial charge in [-0.2, -0.15) is 0 Å². The fourth-order valence-corrected chi connectivity index (χ4v) is 3.80. The van der Waals surface area contributed by atoms with Crippen LogP contribution in [0, 0.1) is 0 Å². The minimum atomic E-state index is -4.81. The van der Waals surface area contributed by atoms with E-state index in [0.717, 1.165) is 11.6 Å². The minimum absolute atomic E-state index is 0.0353. The summed E-state index contributed by atoms with van der Waals surface area (Å²) >= 11 is 0. The summed E-state index contributed by atoms with van der Waals surface area (Å²) in [6.07, 6.45) is -1.07. The van der Waals surface area contributed by atoms with Gasteiger partial charge in [0.1, 0.15) is 5.75 Å². The molecule has 40 heavy (non-hydrogen) atoms. The van der Waals surface area contributed by atoms with E-state index in [-0.39, 0.29) is 35.9 Å². The number of nitrogens with one attached hydrogen (secondary N) is 2. The Labute approximate surface area is 226 Å². The Bertz CT molecular complexity index is 1520. The molecular formula is C27H25F3N6O4. The van der Waals surface area contributed by atoms with E-state index in [9.17, 15) is 27.6 Å². The highest BCUT2D eigenvalue weighted by molar-refractivity contribution is 5.92. The lowest BCUT2D eigenvalue weighted by Gasteiger charge is -2.10. The number of hydrogen-bond acceptors (Lipinski definition) is 6. The van der Waals surface area contributed by atoms with Crippen LogP contribution in [0.3, 0.4) is 0 Å². The molecule has 0 fully saturated rings. The van der Waals surface area contributed by atoms with Crippen molar-refractivity contribution in [3.63, 3.8) is 0 Å². The third-order valence-corrected chi connectivity index (χ3v) is 5.63. The van der Waals surface area contributed by atoms with Gasteiger partial charge in [0.25, 0.3) is 11.5 Å². The van der Waals surface area contributed by atoms with Crippen LogP contribution in [0.5, 0.6) is 5.75 Å². The summed E-state index contributed by atoms with van der Waals surface area (Å²) in [6.45, 7) is 0.709. The van der Waals surface area contributed by atoms with Crippen molar-refractivity contribution in [2.45, 2.75) is 38.8 Å².